The molecule has 1 rings (SSSR count). The topological polar surface area (TPSA) is 0 Å². The van der Waals surface area contributed by atoms with E-state index < -0.39 is 0 Å². The van der Waals surface area contributed by atoms with Crippen LogP contribution in [-0.4, -0.2) is 0 Å². The van der Waals surface area contributed by atoms with Crippen LogP contribution in [0.1, 0.15) is 5.56 Å². The third kappa shape index (κ3) is 2.26. The molecule has 0 aliphatic rings. The van der Waals surface area contributed by atoms with Crippen LogP contribution in [0.3, 0.4) is 0 Å². The van der Waals surface area contributed by atoms with Crippen molar-refractivity contribution in [3.05, 3.63) is 35.9 Å². The van der Waals surface area contributed by atoms with E-state index in [0.29, 0.717) is 0 Å². The predicted molar refractivity (Wildman–Crippen MR) is 31.2 cm³/mol. The second kappa shape index (κ2) is 3.83. The Labute approximate surface area is 63.6 Å². The van der Waals surface area contributed by atoms with Gasteiger partial charge in [-0.2, -0.15) is 0 Å². The molecule has 0 N–H and O–H groups in total. The van der Waals surface area contributed by atoms with E-state index in [9.17, 15) is 0 Å². The SMILES string of the molecule is Cc1ccccc1.[Re]. The summed E-state index contributed by atoms with van der Waals surface area (Å²) in [7, 11) is 0. The smallest absolute Gasteiger partial charge is 0 e. The molecule has 0 spiro atoms. The van der Waals surface area contributed by atoms with Crippen molar-refractivity contribution in [3.63, 3.8) is 0 Å². The van der Waals surface area contributed by atoms with Gasteiger partial charge in [0.25, 0.3) is 0 Å². The van der Waals surface area contributed by atoms with Crippen LogP contribution < -0.4 is 0 Å². The minimum Gasteiger partial charge on any atom is -0.0622 e. The zero-order chi connectivity index (χ0) is 5.11. The van der Waals surface area contributed by atoms with Crippen molar-refractivity contribution in [2.45, 2.75) is 6.92 Å². The van der Waals surface area contributed by atoms with E-state index in [-0.39, 0.29) is 20.4 Å². The molecule has 0 unspecified atom stereocenters. The van der Waals surface area contributed by atoms with E-state index >= 15 is 0 Å². The summed E-state index contributed by atoms with van der Waals surface area (Å²) in [6.07, 6.45) is 0. The van der Waals surface area contributed by atoms with Gasteiger partial charge in [-0.25, -0.2) is 0 Å². The molecule has 0 saturated carbocycles. The fourth-order valence-electron chi connectivity index (χ4n) is 0.534. The third-order valence-electron chi connectivity index (χ3n) is 0.940. The molecular weight excluding hydrogens is 270 g/mol. The first-order chi connectivity index (χ1) is 3.39. The first-order valence-corrected chi connectivity index (χ1v) is 2.41. The maximum atomic E-state index is 2.08. The fourth-order valence-corrected chi connectivity index (χ4v) is 0.534. The van der Waals surface area contributed by atoms with Crippen molar-refractivity contribution in [1.29, 1.82) is 0 Å². The molecule has 0 saturated heterocycles. The third-order valence-corrected chi connectivity index (χ3v) is 0.940. The van der Waals surface area contributed by atoms with Gasteiger partial charge in [0.05, 0.1) is 0 Å². The monoisotopic (exact) mass is 279 g/mol. The quantitative estimate of drug-likeness (QED) is 0.681. The first-order valence-electron chi connectivity index (χ1n) is 2.41. The normalized spacial score (nSPS) is 7.62. The average Bonchev–Trinajstić information content (AvgIpc) is 1.69. The van der Waals surface area contributed by atoms with Crippen LogP contribution in [-0.2, 0) is 20.4 Å². The van der Waals surface area contributed by atoms with Crippen LogP contribution in [0.25, 0.3) is 0 Å². The van der Waals surface area contributed by atoms with Crippen LogP contribution in [0.15, 0.2) is 30.3 Å². The summed E-state index contributed by atoms with van der Waals surface area (Å²) < 4.78 is 0. The Bertz CT molecular complexity index is 134. The van der Waals surface area contributed by atoms with Gasteiger partial charge < -0.3 is 0 Å². The Hall–Kier alpha value is -0.118. The van der Waals surface area contributed by atoms with E-state index in [1.54, 1.807) is 0 Å². The minimum atomic E-state index is 0. The van der Waals surface area contributed by atoms with E-state index in [1.807, 2.05) is 18.2 Å². The van der Waals surface area contributed by atoms with Gasteiger partial charge in [-0.3, -0.25) is 0 Å². The van der Waals surface area contributed by atoms with Crippen LogP contribution >= 0.6 is 0 Å². The van der Waals surface area contributed by atoms with Gasteiger partial charge in [-0.15, -0.1) is 0 Å². The van der Waals surface area contributed by atoms with Crippen molar-refractivity contribution in [1.82, 2.24) is 0 Å². The van der Waals surface area contributed by atoms with Gasteiger partial charge in [0, 0.05) is 20.4 Å². The molecule has 1 aromatic rings. The summed E-state index contributed by atoms with van der Waals surface area (Å²) in [4.78, 5) is 0. The second-order valence-corrected chi connectivity index (χ2v) is 1.65. The molecule has 0 bridgehead atoms. The molecule has 0 heterocycles. The summed E-state index contributed by atoms with van der Waals surface area (Å²) in [6, 6.07) is 10.3. The molecule has 1 radical (unpaired) electrons. The molecule has 1 heteroatoms. The van der Waals surface area contributed by atoms with Gasteiger partial charge in [-0.05, 0) is 6.92 Å². The summed E-state index contributed by atoms with van der Waals surface area (Å²) in [6.45, 7) is 2.08. The summed E-state index contributed by atoms with van der Waals surface area (Å²) in [5, 5.41) is 0. The standard InChI is InChI=1S/C7H8.Re/c1-7-5-3-2-4-6-7;/h2-6H,1H3;. The molecule has 1 aromatic carbocycles. The predicted octanol–water partition coefficient (Wildman–Crippen LogP) is 1.99. The average molecular weight is 278 g/mol. The Morgan fingerprint density at radius 3 is 1.75 bits per heavy atom. The molecule has 0 amide bonds. The van der Waals surface area contributed by atoms with Crippen LogP contribution in [0.2, 0.25) is 0 Å². The molecule has 0 aromatic heterocycles. The summed E-state index contributed by atoms with van der Waals surface area (Å²) >= 11 is 0. The Morgan fingerprint density at radius 2 is 1.50 bits per heavy atom. The van der Waals surface area contributed by atoms with Gasteiger partial charge in [-0.1, -0.05) is 35.9 Å². The number of hydrogen-bond acceptors (Lipinski definition) is 0. The largest absolute Gasteiger partial charge is 0.0622 e. The van der Waals surface area contributed by atoms with E-state index in [2.05, 4.69) is 19.1 Å². The van der Waals surface area contributed by atoms with Crippen molar-refractivity contribution >= 4 is 0 Å². The van der Waals surface area contributed by atoms with Gasteiger partial charge in [0.1, 0.15) is 0 Å². The first kappa shape index (κ1) is 7.88. The van der Waals surface area contributed by atoms with Gasteiger partial charge in [0.15, 0.2) is 0 Å². The Kier molecular flexibility index (Phi) is 3.78. The van der Waals surface area contributed by atoms with Crippen molar-refractivity contribution in [2.24, 2.45) is 0 Å². The number of rotatable bonds is 0. The molecule has 0 aliphatic heterocycles. The van der Waals surface area contributed by atoms with Crippen molar-refractivity contribution < 1.29 is 20.4 Å². The molecule has 0 fully saturated rings. The van der Waals surface area contributed by atoms with Gasteiger partial charge >= 0.3 is 0 Å². The van der Waals surface area contributed by atoms with Gasteiger partial charge in [0.2, 0.25) is 0 Å². The van der Waals surface area contributed by atoms with Crippen LogP contribution in [0.4, 0.5) is 0 Å². The number of benzene rings is 1. The maximum absolute atomic E-state index is 2.08. The molecule has 8 heavy (non-hydrogen) atoms. The van der Waals surface area contributed by atoms with Crippen molar-refractivity contribution in [3.8, 4) is 0 Å². The molecular formula is C7H8Re. The number of aryl methyl sites for hydroxylation is 1. The zero-order valence-electron chi connectivity index (χ0n) is 4.76. The molecule has 0 aliphatic carbocycles. The number of hydrogen-bond donors (Lipinski definition) is 0. The van der Waals surface area contributed by atoms with Crippen LogP contribution in [0.5, 0.6) is 0 Å². The molecule has 0 atom stereocenters. The Morgan fingerprint density at radius 1 is 1.00 bits per heavy atom. The fraction of sp³-hybridized carbons (Fsp3) is 0.143. The van der Waals surface area contributed by atoms with E-state index in [0.717, 1.165) is 0 Å². The summed E-state index contributed by atoms with van der Waals surface area (Å²) in [5.41, 5.74) is 1.32. The second-order valence-electron chi connectivity index (χ2n) is 1.65. The minimum absolute atomic E-state index is 0. The zero-order valence-corrected chi connectivity index (χ0v) is 7.48. The van der Waals surface area contributed by atoms with E-state index in [4.69, 9.17) is 0 Å². The molecule has 0 nitrogen and oxygen atoms in total. The van der Waals surface area contributed by atoms with Crippen molar-refractivity contribution in [2.75, 3.05) is 0 Å². The van der Waals surface area contributed by atoms with Crippen LogP contribution in [0, 0.1) is 6.92 Å². The molecule has 43 valence electrons. The summed E-state index contributed by atoms with van der Waals surface area (Å²) in [5.74, 6) is 0. The maximum Gasteiger partial charge on any atom is 0 e. The Balaban J connectivity index is 0.000000490. The van der Waals surface area contributed by atoms with E-state index in [1.165, 1.54) is 5.56 Å².